The van der Waals surface area contributed by atoms with E-state index in [-0.39, 0.29) is 0 Å². The summed E-state index contributed by atoms with van der Waals surface area (Å²) in [6.45, 7) is 0. The van der Waals surface area contributed by atoms with Crippen LogP contribution in [0.4, 0.5) is 0 Å². The molecule has 0 spiro atoms. The van der Waals surface area contributed by atoms with Crippen molar-refractivity contribution in [2.45, 2.75) is 32.1 Å². The van der Waals surface area contributed by atoms with Crippen LogP contribution >= 0.6 is 0 Å². The van der Waals surface area contributed by atoms with E-state index < -0.39 is 0 Å². The zero-order chi connectivity index (χ0) is 9.64. The summed E-state index contributed by atoms with van der Waals surface area (Å²) >= 11 is 0. The van der Waals surface area contributed by atoms with Gasteiger partial charge in [0.2, 0.25) is 0 Å². The minimum atomic E-state index is 0.825. The van der Waals surface area contributed by atoms with E-state index in [0.717, 1.165) is 5.75 Å². The molecule has 2 rings (SSSR count). The highest BCUT2D eigenvalue weighted by atomic mass is 16.5. The largest absolute Gasteiger partial charge is 0.463 e. The monoisotopic (exact) mass is 189 g/mol. The maximum atomic E-state index is 5.52. The van der Waals surface area contributed by atoms with Crippen LogP contribution in [0.2, 0.25) is 0 Å². The van der Waals surface area contributed by atoms with Crippen LogP contribution in [-0.4, -0.2) is 4.98 Å². The fourth-order valence-electron chi connectivity index (χ4n) is 1.69. The highest BCUT2D eigenvalue weighted by Crippen LogP contribution is 2.23. The Kier molecular flexibility index (Phi) is 3.17. The smallest absolute Gasteiger partial charge is 0.144 e. The van der Waals surface area contributed by atoms with Gasteiger partial charge in [-0.25, -0.2) is 0 Å². The van der Waals surface area contributed by atoms with Crippen molar-refractivity contribution >= 4 is 0 Å². The Morgan fingerprint density at radius 2 is 2.07 bits per heavy atom. The second-order valence-electron chi connectivity index (χ2n) is 3.64. The summed E-state index contributed by atoms with van der Waals surface area (Å²) < 4.78 is 5.52. The molecule has 74 valence electrons. The molecule has 0 N–H and O–H groups in total. The molecule has 1 aliphatic rings. The van der Waals surface area contributed by atoms with E-state index in [2.05, 4.69) is 4.98 Å². The molecule has 1 aliphatic carbocycles. The molecule has 0 unspecified atom stereocenters. The number of pyridine rings is 1. The van der Waals surface area contributed by atoms with Crippen LogP contribution < -0.4 is 4.74 Å². The Morgan fingerprint density at radius 1 is 1.21 bits per heavy atom. The zero-order valence-electron chi connectivity index (χ0n) is 8.28. The lowest BCUT2D eigenvalue weighted by atomic mass is 9.96. The van der Waals surface area contributed by atoms with Gasteiger partial charge >= 0.3 is 0 Å². The topological polar surface area (TPSA) is 22.1 Å². The van der Waals surface area contributed by atoms with E-state index in [9.17, 15) is 0 Å². The Hall–Kier alpha value is -1.31. The number of allylic oxidation sites excluding steroid dienone is 1. The summed E-state index contributed by atoms with van der Waals surface area (Å²) in [5.74, 6) is 0.825. The number of nitrogens with zero attached hydrogens (tertiary/aromatic N) is 1. The van der Waals surface area contributed by atoms with Gasteiger partial charge in [0.25, 0.3) is 0 Å². The molecule has 1 saturated carbocycles. The molecule has 14 heavy (non-hydrogen) atoms. The standard InChI is InChI=1S/C12H15NO/c1-2-5-11(6-3-1)10-14-12-7-4-8-13-9-12/h4,7-10H,1-3,5-6H2. The van der Waals surface area contributed by atoms with Gasteiger partial charge in [0, 0.05) is 6.20 Å². The van der Waals surface area contributed by atoms with Gasteiger partial charge in [-0.3, -0.25) is 4.98 Å². The Bertz CT molecular complexity index is 297. The normalized spacial score (nSPS) is 16.4. The summed E-state index contributed by atoms with van der Waals surface area (Å²) in [4.78, 5) is 3.99. The first-order chi connectivity index (χ1) is 6.95. The first kappa shape index (κ1) is 9.25. The van der Waals surface area contributed by atoms with Crippen molar-refractivity contribution in [3.8, 4) is 5.75 Å². The summed E-state index contributed by atoms with van der Waals surface area (Å²) in [5, 5.41) is 0. The SMILES string of the molecule is C(Oc1cccnc1)=C1CCCCC1. The second-order valence-corrected chi connectivity index (χ2v) is 3.64. The molecule has 1 aromatic rings. The van der Waals surface area contributed by atoms with E-state index in [4.69, 9.17) is 4.74 Å². The third kappa shape index (κ3) is 2.59. The van der Waals surface area contributed by atoms with Gasteiger partial charge in [0.05, 0.1) is 12.5 Å². The molecule has 0 aliphatic heterocycles. The molecule has 0 aromatic carbocycles. The molecule has 1 heterocycles. The Balaban J connectivity index is 1.92. The van der Waals surface area contributed by atoms with E-state index in [1.54, 1.807) is 12.4 Å². The van der Waals surface area contributed by atoms with Crippen molar-refractivity contribution in [1.29, 1.82) is 0 Å². The van der Waals surface area contributed by atoms with Crippen molar-refractivity contribution in [2.75, 3.05) is 0 Å². The first-order valence-corrected chi connectivity index (χ1v) is 5.20. The summed E-state index contributed by atoms with van der Waals surface area (Å²) in [6.07, 6.45) is 11.8. The molecule has 0 amide bonds. The lowest BCUT2D eigenvalue weighted by molar-refractivity contribution is 0.457. The fourth-order valence-corrected chi connectivity index (χ4v) is 1.69. The third-order valence-corrected chi connectivity index (χ3v) is 2.49. The maximum Gasteiger partial charge on any atom is 0.144 e. The van der Waals surface area contributed by atoms with Gasteiger partial charge < -0.3 is 4.74 Å². The number of rotatable bonds is 2. The van der Waals surface area contributed by atoms with E-state index in [1.165, 1.54) is 37.7 Å². The number of aromatic nitrogens is 1. The van der Waals surface area contributed by atoms with Crippen molar-refractivity contribution in [2.24, 2.45) is 0 Å². The summed E-state index contributed by atoms with van der Waals surface area (Å²) in [5.41, 5.74) is 1.43. The molecular weight excluding hydrogens is 174 g/mol. The number of hydrogen-bond donors (Lipinski definition) is 0. The predicted octanol–water partition coefficient (Wildman–Crippen LogP) is 3.31. The van der Waals surface area contributed by atoms with Crippen LogP contribution in [-0.2, 0) is 0 Å². The van der Waals surface area contributed by atoms with Gasteiger partial charge in [0.1, 0.15) is 5.75 Å². The van der Waals surface area contributed by atoms with E-state index in [0.29, 0.717) is 0 Å². The van der Waals surface area contributed by atoms with Gasteiger partial charge in [-0.05, 0) is 43.4 Å². The Morgan fingerprint density at radius 3 is 2.79 bits per heavy atom. The molecule has 1 aromatic heterocycles. The molecular formula is C12H15NO. The zero-order valence-corrected chi connectivity index (χ0v) is 8.28. The first-order valence-electron chi connectivity index (χ1n) is 5.20. The van der Waals surface area contributed by atoms with E-state index >= 15 is 0 Å². The van der Waals surface area contributed by atoms with Gasteiger partial charge in [-0.1, -0.05) is 6.42 Å². The third-order valence-electron chi connectivity index (χ3n) is 2.49. The van der Waals surface area contributed by atoms with Crippen molar-refractivity contribution in [3.05, 3.63) is 36.4 Å². The van der Waals surface area contributed by atoms with Crippen LogP contribution in [0, 0.1) is 0 Å². The molecule has 2 heteroatoms. The van der Waals surface area contributed by atoms with Crippen LogP contribution in [0.5, 0.6) is 5.75 Å². The van der Waals surface area contributed by atoms with Crippen molar-refractivity contribution < 1.29 is 4.74 Å². The highest BCUT2D eigenvalue weighted by molar-refractivity contribution is 5.17. The van der Waals surface area contributed by atoms with Crippen LogP contribution in [0.3, 0.4) is 0 Å². The summed E-state index contributed by atoms with van der Waals surface area (Å²) in [6, 6.07) is 3.81. The minimum Gasteiger partial charge on any atom is -0.463 e. The van der Waals surface area contributed by atoms with Crippen LogP contribution in [0.1, 0.15) is 32.1 Å². The van der Waals surface area contributed by atoms with Crippen molar-refractivity contribution in [3.63, 3.8) is 0 Å². The van der Waals surface area contributed by atoms with E-state index in [1.807, 2.05) is 18.4 Å². The van der Waals surface area contributed by atoms with Gasteiger partial charge in [-0.15, -0.1) is 0 Å². The fraction of sp³-hybridized carbons (Fsp3) is 0.417. The number of ether oxygens (including phenoxy) is 1. The lowest BCUT2D eigenvalue weighted by Gasteiger charge is -2.12. The van der Waals surface area contributed by atoms with Gasteiger partial charge in [-0.2, -0.15) is 0 Å². The number of hydrogen-bond acceptors (Lipinski definition) is 2. The van der Waals surface area contributed by atoms with Gasteiger partial charge in [0.15, 0.2) is 0 Å². The predicted molar refractivity (Wildman–Crippen MR) is 56.0 cm³/mol. The molecule has 0 radical (unpaired) electrons. The average molecular weight is 189 g/mol. The second kappa shape index (κ2) is 4.80. The molecule has 2 nitrogen and oxygen atoms in total. The quantitative estimate of drug-likeness (QED) is 0.666. The van der Waals surface area contributed by atoms with Crippen molar-refractivity contribution in [1.82, 2.24) is 4.98 Å². The molecule has 0 atom stereocenters. The van der Waals surface area contributed by atoms with Crippen LogP contribution in [0.15, 0.2) is 36.4 Å². The highest BCUT2D eigenvalue weighted by Gasteiger charge is 2.05. The molecule has 0 saturated heterocycles. The maximum absolute atomic E-state index is 5.52. The molecule has 1 fully saturated rings. The molecule has 0 bridgehead atoms. The lowest BCUT2D eigenvalue weighted by Crippen LogP contribution is -1.95. The van der Waals surface area contributed by atoms with Crippen LogP contribution in [0.25, 0.3) is 0 Å². The average Bonchev–Trinajstić information content (AvgIpc) is 2.29. The Labute approximate surface area is 84.6 Å². The summed E-state index contributed by atoms with van der Waals surface area (Å²) in [7, 11) is 0. The minimum absolute atomic E-state index is 0.825.